The van der Waals surface area contributed by atoms with Crippen LogP contribution in [0.25, 0.3) is 11.1 Å². The first-order chi connectivity index (χ1) is 14.6. The predicted molar refractivity (Wildman–Crippen MR) is 120 cm³/mol. The van der Waals surface area contributed by atoms with E-state index in [0.29, 0.717) is 11.8 Å². The molecule has 5 heteroatoms. The number of benzene rings is 2. The van der Waals surface area contributed by atoms with Crippen LogP contribution in [0.3, 0.4) is 0 Å². The van der Waals surface area contributed by atoms with Gasteiger partial charge >= 0.3 is 0 Å². The normalized spacial score (nSPS) is 20.6. The number of hydrogen-bond donors (Lipinski definition) is 0. The van der Waals surface area contributed by atoms with Crippen molar-refractivity contribution >= 4 is 11.6 Å². The number of ether oxygens (including phenoxy) is 1. The van der Waals surface area contributed by atoms with Crippen LogP contribution < -0.4 is 10.3 Å². The minimum absolute atomic E-state index is 0.112. The van der Waals surface area contributed by atoms with E-state index in [1.54, 1.807) is 13.2 Å². The van der Waals surface area contributed by atoms with Gasteiger partial charge in [0.05, 0.1) is 7.11 Å². The SMILES string of the molecule is COc1ccc(CN2CC3CC(C2)c2c(-c4ccc(Cl)cc4)ccc(=O)n2C3)cc1. The first-order valence-corrected chi connectivity index (χ1v) is 10.8. The van der Waals surface area contributed by atoms with Crippen molar-refractivity contribution in [1.29, 1.82) is 0 Å². The van der Waals surface area contributed by atoms with Crippen molar-refractivity contribution in [3.05, 3.63) is 87.3 Å². The first-order valence-electron chi connectivity index (χ1n) is 10.5. The third-order valence-corrected chi connectivity index (χ3v) is 6.64. The Morgan fingerprint density at radius 1 is 0.967 bits per heavy atom. The number of halogens is 1. The molecule has 1 saturated heterocycles. The van der Waals surface area contributed by atoms with Crippen molar-refractivity contribution in [3.63, 3.8) is 0 Å². The van der Waals surface area contributed by atoms with Crippen molar-refractivity contribution in [2.45, 2.75) is 25.4 Å². The molecular formula is C25H25ClN2O2. The highest BCUT2D eigenvalue weighted by Crippen LogP contribution is 2.40. The quantitative estimate of drug-likeness (QED) is 0.608. The molecule has 0 radical (unpaired) electrons. The Morgan fingerprint density at radius 3 is 2.47 bits per heavy atom. The van der Waals surface area contributed by atoms with Gasteiger partial charge in [0.25, 0.3) is 5.56 Å². The Labute approximate surface area is 181 Å². The summed E-state index contributed by atoms with van der Waals surface area (Å²) in [7, 11) is 1.69. The average Bonchev–Trinajstić information content (AvgIpc) is 2.76. The molecule has 154 valence electrons. The van der Waals surface area contributed by atoms with Crippen molar-refractivity contribution in [2.75, 3.05) is 20.2 Å². The number of fused-ring (bicyclic) bond motifs is 4. The van der Waals surface area contributed by atoms with Crippen molar-refractivity contribution in [3.8, 4) is 16.9 Å². The number of aromatic nitrogens is 1. The minimum atomic E-state index is 0.112. The van der Waals surface area contributed by atoms with Crippen LogP contribution in [0.5, 0.6) is 5.75 Å². The highest BCUT2D eigenvalue weighted by atomic mass is 35.5. The summed E-state index contributed by atoms with van der Waals surface area (Å²) >= 11 is 6.10. The fourth-order valence-corrected chi connectivity index (χ4v) is 5.23. The Hall–Kier alpha value is -2.56. The molecule has 5 rings (SSSR count). The van der Waals surface area contributed by atoms with Gasteiger partial charge < -0.3 is 9.30 Å². The number of nitrogens with zero attached hydrogens (tertiary/aromatic N) is 2. The monoisotopic (exact) mass is 420 g/mol. The molecule has 0 saturated carbocycles. The van der Waals surface area contributed by atoms with E-state index in [0.717, 1.165) is 54.5 Å². The molecule has 2 atom stereocenters. The lowest BCUT2D eigenvalue weighted by molar-refractivity contribution is 0.115. The topological polar surface area (TPSA) is 34.5 Å². The van der Waals surface area contributed by atoms with E-state index in [1.165, 1.54) is 11.3 Å². The molecule has 2 aliphatic rings. The molecule has 0 spiro atoms. The minimum Gasteiger partial charge on any atom is -0.497 e. The summed E-state index contributed by atoms with van der Waals surface area (Å²) in [5.41, 5.74) is 4.86. The van der Waals surface area contributed by atoms with E-state index in [2.05, 4.69) is 17.0 Å². The van der Waals surface area contributed by atoms with E-state index < -0.39 is 0 Å². The van der Waals surface area contributed by atoms with Crippen LogP contribution in [0.15, 0.2) is 65.5 Å². The summed E-state index contributed by atoms with van der Waals surface area (Å²) in [5.74, 6) is 1.75. The lowest BCUT2D eigenvalue weighted by Crippen LogP contribution is -2.47. The highest BCUT2D eigenvalue weighted by molar-refractivity contribution is 6.30. The van der Waals surface area contributed by atoms with E-state index >= 15 is 0 Å². The molecule has 2 unspecified atom stereocenters. The number of hydrogen-bond acceptors (Lipinski definition) is 3. The summed E-state index contributed by atoms with van der Waals surface area (Å²) < 4.78 is 7.30. The fraction of sp³-hybridized carbons (Fsp3) is 0.320. The zero-order valence-electron chi connectivity index (χ0n) is 17.1. The van der Waals surface area contributed by atoms with Gasteiger partial charge in [-0.15, -0.1) is 0 Å². The van der Waals surface area contributed by atoms with E-state index in [9.17, 15) is 4.79 Å². The number of methoxy groups -OCH3 is 1. The molecule has 1 aromatic heterocycles. The molecule has 2 bridgehead atoms. The first kappa shape index (κ1) is 19.4. The van der Waals surface area contributed by atoms with Gasteiger partial charge in [-0.2, -0.15) is 0 Å². The maximum atomic E-state index is 12.7. The van der Waals surface area contributed by atoms with Crippen LogP contribution in [0.2, 0.25) is 5.02 Å². The zero-order valence-corrected chi connectivity index (χ0v) is 17.8. The number of pyridine rings is 1. The highest BCUT2D eigenvalue weighted by Gasteiger charge is 2.36. The summed E-state index contributed by atoms with van der Waals surface area (Å²) in [6, 6.07) is 20.0. The smallest absolute Gasteiger partial charge is 0.250 e. The van der Waals surface area contributed by atoms with Gasteiger partial charge in [0.1, 0.15) is 5.75 Å². The molecule has 0 N–H and O–H groups in total. The van der Waals surface area contributed by atoms with Crippen LogP contribution in [0.1, 0.15) is 23.6 Å². The van der Waals surface area contributed by atoms with Crippen molar-refractivity contribution in [1.82, 2.24) is 9.47 Å². The van der Waals surface area contributed by atoms with Gasteiger partial charge in [-0.3, -0.25) is 9.69 Å². The standard InChI is InChI=1S/C25H25ClN2O2/c1-30-22-8-2-17(3-9-22)13-27-14-18-12-20(16-27)25-23(10-11-24(29)28(25)15-18)19-4-6-21(26)7-5-19/h2-11,18,20H,12-16H2,1H3. The Balaban J connectivity index is 1.46. The second-order valence-electron chi connectivity index (χ2n) is 8.43. The Kier molecular flexibility index (Phi) is 5.13. The summed E-state index contributed by atoms with van der Waals surface area (Å²) in [6.07, 6.45) is 1.14. The maximum absolute atomic E-state index is 12.7. The summed E-state index contributed by atoms with van der Waals surface area (Å²) in [6.45, 7) is 3.71. The molecule has 3 heterocycles. The third-order valence-electron chi connectivity index (χ3n) is 6.39. The van der Waals surface area contributed by atoms with E-state index in [-0.39, 0.29) is 5.56 Å². The lowest BCUT2D eigenvalue weighted by Gasteiger charge is -2.43. The lowest BCUT2D eigenvalue weighted by atomic mass is 9.80. The molecule has 0 aliphatic carbocycles. The Bertz CT molecular complexity index is 1110. The number of rotatable bonds is 4. The largest absolute Gasteiger partial charge is 0.497 e. The van der Waals surface area contributed by atoms with Gasteiger partial charge in [-0.05, 0) is 53.8 Å². The zero-order chi connectivity index (χ0) is 20.7. The van der Waals surface area contributed by atoms with Crippen LogP contribution in [-0.2, 0) is 13.1 Å². The molecule has 2 aromatic carbocycles. The molecule has 0 amide bonds. The van der Waals surface area contributed by atoms with Crippen molar-refractivity contribution < 1.29 is 4.74 Å². The molecule has 2 aliphatic heterocycles. The average molecular weight is 421 g/mol. The third kappa shape index (κ3) is 3.66. The van der Waals surface area contributed by atoms with Crippen LogP contribution in [0.4, 0.5) is 0 Å². The van der Waals surface area contributed by atoms with E-state index in [1.807, 2.05) is 47.0 Å². The van der Waals surface area contributed by atoms with Gasteiger partial charge in [-0.25, -0.2) is 0 Å². The van der Waals surface area contributed by atoms with Gasteiger partial charge in [0.2, 0.25) is 0 Å². The maximum Gasteiger partial charge on any atom is 0.250 e. The summed E-state index contributed by atoms with van der Waals surface area (Å²) in [4.78, 5) is 15.2. The fourth-order valence-electron chi connectivity index (χ4n) is 5.11. The number of likely N-dealkylation sites (tertiary alicyclic amines) is 1. The van der Waals surface area contributed by atoms with Crippen LogP contribution in [0, 0.1) is 5.92 Å². The van der Waals surface area contributed by atoms with Gasteiger partial charge in [0.15, 0.2) is 0 Å². The van der Waals surface area contributed by atoms with Gasteiger partial charge in [0, 0.05) is 54.4 Å². The van der Waals surface area contributed by atoms with Crippen molar-refractivity contribution in [2.24, 2.45) is 5.92 Å². The molecule has 30 heavy (non-hydrogen) atoms. The number of piperidine rings is 1. The molecule has 4 nitrogen and oxygen atoms in total. The van der Waals surface area contributed by atoms with Gasteiger partial charge in [-0.1, -0.05) is 35.9 Å². The molecule has 1 fully saturated rings. The molecule has 3 aromatic rings. The second kappa shape index (κ2) is 7.93. The van der Waals surface area contributed by atoms with Crippen LogP contribution >= 0.6 is 11.6 Å². The second-order valence-corrected chi connectivity index (χ2v) is 8.87. The molecular weight excluding hydrogens is 396 g/mol. The summed E-state index contributed by atoms with van der Waals surface area (Å²) in [5, 5.41) is 0.726. The van der Waals surface area contributed by atoms with E-state index in [4.69, 9.17) is 16.3 Å². The van der Waals surface area contributed by atoms with Crippen LogP contribution in [-0.4, -0.2) is 29.7 Å². The predicted octanol–water partition coefficient (Wildman–Crippen LogP) is 4.80. The Morgan fingerprint density at radius 2 is 1.73 bits per heavy atom.